The summed E-state index contributed by atoms with van der Waals surface area (Å²) in [6.45, 7) is 0. The van der Waals surface area contributed by atoms with Crippen LogP contribution in [0.3, 0.4) is 0 Å². The number of hydrogen-bond acceptors (Lipinski definition) is 4. The van der Waals surface area contributed by atoms with Crippen molar-refractivity contribution in [3.05, 3.63) is 166 Å². The Balaban J connectivity index is 0.992. The molecule has 0 aromatic heterocycles. The highest BCUT2D eigenvalue weighted by atomic mass is 16.2. The van der Waals surface area contributed by atoms with E-state index in [2.05, 4.69) is 48.5 Å². The Morgan fingerprint density at radius 3 is 0.771 bits per heavy atom. The lowest BCUT2D eigenvalue weighted by Crippen LogP contribution is -2.41. The zero-order valence-electron chi connectivity index (χ0n) is 25.7. The second-order valence-electron chi connectivity index (χ2n) is 14.1. The molecular formula is C42H28N2O4. The quantitative estimate of drug-likeness (QED) is 0.211. The first-order chi connectivity index (χ1) is 23.5. The van der Waals surface area contributed by atoms with E-state index in [9.17, 15) is 19.2 Å². The summed E-state index contributed by atoms with van der Waals surface area (Å²) in [5.74, 6) is -3.78. The van der Waals surface area contributed by atoms with Crippen LogP contribution in [0.4, 0.5) is 11.4 Å². The summed E-state index contributed by atoms with van der Waals surface area (Å²) >= 11 is 0. The van der Waals surface area contributed by atoms with Gasteiger partial charge in [0.2, 0.25) is 23.6 Å². The predicted octanol–water partition coefficient (Wildman–Crippen LogP) is 6.48. The molecule has 0 spiro atoms. The van der Waals surface area contributed by atoms with Crippen molar-refractivity contribution in [2.75, 3.05) is 9.80 Å². The average molecular weight is 625 g/mol. The molecule has 2 heterocycles. The molecule has 230 valence electrons. The first-order valence-corrected chi connectivity index (χ1v) is 16.8. The van der Waals surface area contributed by atoms with Gasteiger partial charge in [0.05, 0.1) is 35.0 Å². The van der Waals surface area contributed by atoms with E-state index in [-0.39, 0.29) is 47.3 Å². The van der Waals surface area contributed by atoms with Gasteiger partial charge in [0.25, 0.3) is 0 Å². The van der Waals surface area contributed by atoms with Crippen molar-refractivity contribution < 1.29 is 19.2 Å². The number of nitrogens with zero attached hydrogens (tertiary/aromatic N) is 2. The van der Waals surface area contributed by atoms with Gasteiger partial charge in [-0.05, 0) is 62.7 Å². The van der Waals surface area contributed by atoms with Crippen LogP contribution >= 0.6 is 0 Å². The van der Waals surface area contributed by atoms with Crippen molar-refractivity contribution in [3.8, 4) is 0 Å². The van der Waals surface area contributed by atoms with Crippen LogP contribution in [0.1, 0.15) is 68.2 Å². The van der Waals surface area contributed by atoms with E-state index in [1.807, 2.05) is 48.5 Å². The third-order valence-corrected chi connectivity index (χ3v) is 12.2. The number of rotatable bonds is 2. The molecule has 5 aromatic carbocycles. The molecule has 4 amide bonds. The summed E-state index contributed by atoms with van der Waals surface area (Å²) in [4.78, 5) is 60.4. The van der Waals surface area contributed by atoms with Crippen LogP contribution in [0.2, 0.25) is 0 Å². The average Bonchev–Trinajstić information content (AvgIpc) is 3.56. The topological polar surface area (TPSA) is 74.8 Å². The van der Waals surface area contributed by atoms with Crippen molar-refractivity contribution in [2.24, 2.45) is 23.7 Å². The standard InChI is InChI=1S/C42H28N2O4/c45-39-35-31-23-12-1-2-13-24(23)32(26-15-4-3-14-25(26)31)36(35)40(46)43(39)21-10-9-11-22(20-21)44-41(47)37-33-27-16-5-6-17-28(27)34(38(37)42(44)48)30-19-8-7-18-29(30)33/h1-20,31-38H. The third kappa shape index (κ3) is 3.00. The molecular weight excluding hydrogens is 596 g/mol. The normalized spacial score (nSPS) is 29.8. The Morgan fingerprint density at radius 1 is 0.312 bits per heavy atom. The maximum absolute atomic E-state index is 14.4. The zero-order valence-corrected chi connectivity index (χ0v) is 25.7. The lowest BCUT2D eigenvalue weighted by molar-refractivity contribution is -0.124. The van der Waals surface area contributed by atoms with Crippen molar-refractivity contribution in [1.29, 1.82) is 0 Å². The number of carbonyl (C=O) groups excluding carboxylic acids is 4. The van der Waals surface area contributed by atoms with Gasteiger partial charge in [-0.15, -0.1) is 0 Å². The molecule has 4 atom stereocenters. The fourth-order valence-electron chi connectivity index (χ4n) is 10.6. The fourth-order valence-corrected chi connectivity index (χ4v) is 10.6. The summed E-state index contributed by atoms with van der Waals surface area (Å²) in [7, 11) is 0. The smallest absolute Gasteiger partial charge is 0.238 e. The number of imide groups is 2. The predicted molar refractivity (Wildman–Crippen MR) is 179 cm³/mol. The molecule has 4 bridgehead atoms. The molecule has 2 saturated heterocycles. The first kappa shape index (κ1) is 26.4. The van der Waals surface area contributed by atoms with Crippen molar-refractivity contribution in [3.63, 3.8) is 0 Å². The third-order valence-electron chi connectivity index (χ3n) is 12.2. The number of anilines is 2. The zero-order chi connectivity index (χ0) is 32.0. The summed E-state index contributed by atoms with van der Waals surface area (Å²) in [5.41, 5.74) is 9.73. The SMILES string of the molecule is O=C1C2C3c4ccccc4C(c4ccccc43)C2C(=O)N1c1cccc(N2C(=O)C3C4c5ccccc5C(c5ccccc54)C3C2=O)c1. The minimum absolute atomic E-state index is 0.208. The van der Waals surface area contributed by atoms with Gasteiger partial charge in [0, 0.05) is 23.7 Å². The molecule has 48 heavy (non-hydrogen) atoms. The largest absolute Gasteiger partial charge is 0.274 e. The van der Waals surface area contributed by atoms with Crippen LogP contribution in [0.5, 0.6) is 0 Å². The van der Waals surface area contributed by atoms with Crippen LogP contribution < -0.4 is 9.80 Å². The molecule has 2 fully saturated rings. The van der Waals surface area contributed by atoms with Gasteiger partial charge in [-0.1, -0.05) is 103 Å². The van der Waals surface area contributed by atoms with Gasteiger partial charge >= 0.3 is 0 Å². The monoisotopic (exact) mass is 624 g/mol. The maximum Gasteiger partial charge on any atom is 0.238 e. The molecule has 2 aliphatic heterocycles. The molecule has 13 rings (SSSR count). The summed E-state index contributed by atoms with van der Waals surface area (Å²) < 4.78 is 0. The lowest BCUT2D eigenvalue weighted by Gasteiger charge is -2.45. The number of amides is 4. The van der Waals surface area contributed by atoms with Gasteiger partial charge in [-0.2, -0.15) is 0 Å². The van der Waals surface area contributed by atoms with E-state index < -0.39 is 23.7 Å². The van der Waals surface area contributed by atoms with E-state index in [1.54, 1.807) is 24.3 Å². The van der Waals surface area contributed by atoms with Crippen LogP contribution in [-0.4, -0.2) is 23.6 Å². The Kier molecular flexibility index (Phi) is 4.98. The lowest BCUT2D eigenvalue weighted by atomic mass is 9.55. The molecule has 4 unspecified atom stereocenters. The second kappa shape index (κ2) is 9.04. The van der Waals surface area contributed by atoms with Crippen LogP contribution in [-0.2, 0) is 19.2 Å². The highest BCUT2D eigenvalue weighted by Crippen LogP contribution is 2.63. The van der Waals surface area contributed by atoms with Gasteiger partial charge < -0.3 is 0 Å². The van der Waals surface area contributed by atoms with Crippen LogP contribution in [0.25, 0.3) is 0 Å². The summed E-state index contributed by atoms with van der Waals surface area (Å²) in [5, 5.41) is 0. The Morgan fingerprint density at radius 2 is 0.542 bits per heavy atom. The number of hydrogen-bond donors (Lipinski definition) is 0. The number of benzene rings is 5. The summed E-state index contributed by atoms with van der Waals surface area (Å²) in [6, 6.07) is 39.7. The first-order valence-electron chi connectivity index (χ1n) is 16.8. The van der Waals surface area contributed by atoms with Crippen molar-refractivity contribution >= 4 is 35.0 Å². The van der Waals surface area contributed by atoms with Crippen molar-refractivity contribution in [1.82, 2.24) is 0 Å². The Bertz CT molecular complexity index is 1940. The highest BCUT2D eigenvalue weighted by Gasteiger charge is 2.63. The minimum Gasteiger partial charge on any atom is -0.274 e. The van der Waals surface area contributed by atoms with E-state index in [0.717, 1.165) is 44.5 Å². The van der Waals surface area contributed by atoms with E-state index in [4.69, 9.17) is 0 Å². The van der Waals surface area contributed by atoms with Crippen LogP contribution in [0.15, 0.2) is 121 Å². The van der Waals surface area contributed by atoms with Gasteiger partial charge in [0.1, 0.15) is 0 Å². The molecule has 8 aliphatic rings. The molecule has 6 aliphatic carbocycles. The molecule has 6 nitrogen and oxygen atoms in total. The van der Waals surface area contributed by atoms with Gasteiger partial charge in [-0.3, -0.25) is 19.2 Å². The van der Waals surface area contributed by atoms with Gasteiger partial charge in [0.15, 0.2) is 0 Å². The van der Waals surface area contributed by atoms with E-state index in [1.165, 1.54) is 9.80 Å². The maximum atomic E-state index is 14.4. The van der Waals surface area contributed by atoms with Gasteiger partial charge in [-0.25, -0.2) is 9.80 Å². The Labute approximate surface area is 276 Å². The van der Waals surface area contributed by atoms with E-state index in [0.29, 0.717) is 11.4 Å². The summed E-state index contributed by atoms with van der Waals surface area (Å²) in [6.07, 6.45) is 0. The van der Waals surface area contributed by atoms with E-state index >= 15 is 0 Å². The molecule has 0 saturated carbocycles. The molecule has 6 heteroatoms. The minimum atomic E-state index is -0.512. The van der Waals surface area contributed by atoms with Crippen molar-refractivity contribution in [2.45, 2.75) is 23.7 Å². The van der Waals surface area contributed by atoms with Crippen LogP contribution in [0, 0.1) is 23.7 Å². The highest BCUT2D eigenvalue weighted by molar-refractivity contribution is 6.25. The molecule has 5 aromatic rings. The Hall–Kier alpha value is -5.62. The molecule has 0 N–H and O–H groups in total. The fraction of sp³-hybridized carbons (Fsp3) is 0.190. The number of carbonyl (C=O) groups is 4. The molecule has 0 radical (unpaired) electrons. The second-order valence-corrected chi connectivity index (χ2v) is 14.1.